The van der Waals surface area contributed by atoms with Crippen molar-refractivity contribution in [3.63, 3.8) is 0 Å². The molecular formula is C21H20N2O5. The maximum absolute atomic E-state index is 12.3. The van der Waals surface area contributed by atoms with E-state index in [2.05, 4.69) is 5.43 Å². The normalized spacial score (nSPS) is 16.0. The van der Waals surface area contributed by atoms with E-state index in [0.29, 0.717) is 11.1 Å². The fourth-order valence-corrected chi connectivity index (χ4v) is 2.91. The maximum Gasteiger partial charge on any atom is 0.311 e. The topological polar surface area (TPSA) is 92.8 Å². The van der Waals surface area contributed by atoms with Gasteiger partial charge in [0.2, 0.25) is 5.91 Å². The molecule has 2 aromatic rings. The van der Waals surface area contributed by atoms with Gasteiger partial charge in [0, 0.05) is 17.5 Å². The number of ketones is 1. The van der Waals surface area contributed by atoms with Gasteiger partial charge in [-0.15, -0.1) is 0 Å². The summed E-state index contributed by atoms with van der Waals surface area (Å²) in [6.07, 6.45) is -0.0769. The first-order valence-electron chi connectivity index (χ1n) is 8.87. The quantitative estimate of drug-likeness (QED) is 0.610. The summed E-state index contributed by atoms with van der Waals surface area (Å²) < 4.78 is 5.06. The van der Waals surface area contributed by atoms with Gasteiger partial charge >= 0.3 is 5.97 Å². The molecule has 1 saturated heterocycles. The Hall–Kier alpha value is -3.48. The van der Waals surface area contributed by atoms with Crippen LogP contribution in [0.25, 0.3) is 0 Å². The number of amides is 2. The van der Waals surface area contributed by atoms with Crippen LogP contribution >= 0.6 is 0 Å². The Bertz CT molecular complexity index is 910. The highest BCUT2D eigenvalue weighted by molar-refractivity contribution is 5.99. The first-order valence-corrected chi connectivity index (χ1v) is 8.87. The molecule has 0 aromatic heterocycles. The number of esters is 1. The van der Waals surface area contributed by atoms with E-state index in [4.69, 9.17) is 4.74 Å². The molecule has 1 aliphatic rings. The number of hydrogen-bond donors (Lipinski definition) is 1. The van der Waals surface area contributed by atoms with Crippen LogP contribution in [-0.2, 0) is 14.3 Å². The maximum atomic E-state index is 12.3. The van der Waals surface area contributed by atoms with Gasteiger partial charge in [0.05, 0.1) is 12.5 Å². The molecule has 7 heteroatoms. The number of rotatable bonds is 6. The number of carbonyl (C=O) groups excluding carboxylic acids is 4. The number of ether oxygens (including phenoxy) is 1. The van der Waals surface area contributed by atoms with Crippen molar-refractivity contribution in [1.82, 2.24) is 10.4 Å². The van der Waals surface area contributed by atoms with Crippen molar-refractivity contribution >= 4 is 23.6 Å². The Morgan fingerprint density at radius 2 is 1.79 bits per heavy atom. The number of carbonyl (C=O) groups is 4. The Morgan fingerprint density at radius 3 is 2.50 bits per heavy atom. The minimum absolute atomic E-state index is 0.00868. The molecule has 7 nitrogen and oxygen atoms in total. The van der Waals surface area contributed by atoms with E-state index in [9.17, 15) is 19.2 Å². The summed E-state index contributed by atoms with van der Waals surface area (Å²) in [5, 5.41) is 1.12. The molecule has 0 spiro atoms. The van der Waals surface area contributed by atoms with E-state index < -0.39 is 17.8 Å². The molecule has 1 aliphatic heterocycles. The molecule has 144 valence electrons. The van der Waals surface area contributed by atoms with E-state index in [1.54, 1.807) is 48.5 Å². The first-order chi connectivity index (χ1) is 13.4. The fraction of sp³-hybridized carbons (Fsp3) is 0.238. The van der Waals surface area contributed by atoms with Crippen molar-refractivity contribution in [3.05, 3.63) is 71.3 Å². The zero-order chi connectivity index (χ0) is 20.1. The van der Waals surface area contributed by atoms with Crippen LogP contribution in [0, 0.1) is 12.8 Å². The fourth-order valence-electron chi connectivity index (χ4n) is 2.91. The minimum Gasteiger partial charge on any atom is -0.457 e. The molecule has 0 aliphatic carbocycles. The van der Waals surface area contributed by atoms with Crippen LogP contribution < -0.4 is 5.43 Å². The number of nitrogens with one attached hydrogen (secondary N) is 1. The molecule has 28 heavy (non-hydrogen) atoms. The van der Waals surface area contributed by atoms with Gasteiger partial charge < -0.3 is 4.74 Å². The molecule has 2 aromatic carbocycles. The monoisotopic (exact) mass is 380 g/mol. The van der Waals surface area contributed by atoms with Crippen LogP contribution in [0.1, 0.15) is 32.7 Å². The van der Waals surface area contributed by atoms with E-state index in [1.165, 1.54) is 0 Å². The second-order valence-electron chi connectivity index (χ2n) is 6.61. The zero-order valence-electron chi connectivity index (χ0n) is 15.4. The van der Waals surface area contributed by atoms with Gasteiger partial charge in [-0.3, -0.25) is 29.6 Å². The van der Waals surface area contributed by atoms with E-state index >= 15 is 0 Å². The predicted molar refractivity (Wildman–Crippen MR) is 100 cm³/mol. The number of benzene rings is 2. The van der Waals surface area contributed by atoms with Crippen LogP contribution in [0.3, 0.4) is 0 Å². The summed E-state index contributed by atoms with van der Waals surface area (Å²) in [7, 11) is 0. The molecule has 1 N–H and O–H groups in total. The van der Waals surface area contributed by atoms with Crippen molar-refractivity contribution in [2.75, 3.05) is 13.2 Å². The Kier molecular flexibility index (Phi) is 5.84. The van der Waals surface area contributed by atoms with Gasteiger partial charge in [-0.05, 0) is 19.1 Å². The Balaban J connectivity index is 1.52. The molecule has 0 saturated carbocycles. The second-order valence-corrected chi connectivity index (χ2v) is 6.61. The molecule has 0 radical (unpaired) electrons. The lowest BCUT2D eigenvalue weighted by atomic mass is 10.1. The van der Waals surface area contributed by atoms with Gasteiger partial charge in [-0.25, -0.2) is 0 Å². The molecular weight excluding hydrogens is 360 g/mol. The summed E-state index contributed by atoms with van der Waals surface area (Å²) in [5.74, 6) is -2.48. The predicted octanol–water partition coefficient (Wildman–Crippen LogP) is 1.91. The lowest BCUT2D eigenvalue weighted by Gasteiger charge is -2.17. The third-order valence-corrected chi connectivity index (χ3v) is 4.42. The summed E-state index contributed by atoms with van der Waals surface area (Å²) in [4.78, 5) is 48.6. The van der Waals surface area contributed by atoms with Crippen molar-refractivity contribution in [3.8, 4) is 0 Å². The summed E-state index contributed by atoms with van der Waals surface area (Å²) >= 11 is 0. The van der Waals surface area contributed by atoms with Crippen LogP contribution in [0.15, 0.2) is 54.6 Å². The SMILES string of the molecule is Cc1cccc(C(=O)NN2C[C@@H](C(=O)OCC(=O)c3ccccc3)CC2=O)c1. The summed E-state index contributed by atoms with van der Waals surface area (Å²) in [6, 6.07) is 15.5. The van der Waals surface area contributed by atoms with Crippen LogP contribution in [0.4, 0.5) is 0 Å². The van der Waals surface area contributed by atoms with E-state index in [1.807, 2.05) is 13.0 Å². The van der Waals surface area contributed by atoms with Crippen molar-refractivity contribution in [2.24, 2.45) is 5.92 Å². The van der Waals surface area contributed by atoms with Gasteiger partial charge in [0.1, 0.15) is 0 Å². The van der Waals surface area contributed by atoms with Gasteiger partial charge in [-0.2, -0.15) is 0 Å². The first kappa shape index (κ1) is 19.3. The van der Waals surface area contributed by atoms with Crippen molar-refractivity contribution < 1.29 is 23.9 Å². The molecule has 0 bridgehead atoms. The molecule has 3 rings (SSSR count). The third kappa shape index (κ3) is 4.62. The highest BCUT2D eigenvalue weighted by Gasteiger charge is 2.36. The smallest absolute Gasteiger partial charge is 0.311 e. The Labute approximate surface area is 162 Å². The summed E-state index contributed by atoms with van der Waals surface area (Å²) in [6.45, 7) is 1.48. The number of hydrogen-bond acceptors (Lipinski definition) is 5. The van der Waals surface area contributed by atoms with E-state index in [0.717, 1.165) is 10.6 Å². The molecule has 2 amide bonds. The average Bonchev–Trinajstić information content (AvgIpc) is 3.07. The second kappa shape index (κ2) is 8.47. The van der Waals surface area contributed by atoms with Crippen LogP contribution in [-0.4, -0.2) is 41.7 Å². The van der Waals surface area contributed by atoms with Gasteiger partial charge in [-0.1, -0.05) is 48.0 Å². The Morgan fingerprint density at radius 1 is 1.07 bits per heavy atom. The number of Topliss-reactive ketones (excluding diaryl/α,β-unsaturated/α-hetero) is 1. The molecule has 0 unspecified atom stereocenters. The largest absolute Gasteiger partial charge is 0.457 e. The summed E-state index contributed by atoms with van der Waals surface area (Å²) in [5.41, 5.74) is 4.31. The third-order valence-electron chi connectivity index (χ3n) is 4.42. The molecule has 1 heterocycles. The van der Waals surface area contributed by atoms with Crippen LogP contribution in [0.2, 0.25) is 0 Å². The molecule has 1 fully saturated rings. The lowest BCUT2D eigenvalue weighted by molar-refractivity contribution is -0.147. The van der Waals surface area contributed by atoms with Gasteiger partial charge in [0.15, 0.2) is 12.4 Å². The van der Waals surface area contributed by atoms with E-state index in [-0.39, 0.29) is 31.3 Å². The standard InChI is InChI=1S/C21H20N2O5/c1-14-6-5-9-16(10-14)20(26)22-23-12-17(11-19(23)25)21(27)28-13-18(24)15-7-3-2-4-8-15/h2-10,17H,11-13H2,1H3,(H,22,26)/t17-/m0/s1. The lowest BCUT2D eigenvalue weighted by Crippen LogP contribution is -2.43. The minimum atomic E-state index is -0.728. The molecule has 1 atom stereocenters. The number of hydrazine groups is 1. The average molecular weight is 380 g/mol. The van der Waals surface area contributed by atoms with Crippen LogP contribution in [0.5, 0.6) is 0 Å². The highest BCUT2D eigenvalue weighted by atomic mass is 16.5. The number of aryl methyl sites for hydroxylation is 1. The van der Waals surface area contributed by atoms with Crippen molar-refractivity contribution in [1.29, 1.82) is 0 Å². The zero-order valence-corrected chi connectivity index (χ0v) is 15.4. The highest BCUT2D eigenvalue weighted by Crippen LogP contribution is 2.18. The van der Waals surface area contributed by atoms with Gasteiger partial charge in [0.25, 0.3) is 5.91 Å². The number of nitrogens with zero attached hydrogens (tertiary/aromatic N) is 1. The van der Waals surface area contributed by atoms with Crippen molar-refractivity contribution in [2.45, 2.75) is 13.3 Å².